The number of alkyl halides is 6. The summed E-state index contributed by atoms with van der Waals surface area (Å²) in [6.07, 6.45) is -7.86. The van der Waals surface area contributed by atoms with Gasteiger partial charge in [-0.25, -0.2) is 4.98 Å². The molecule has 0 saturated carbocycles. The number of fused-ring (bicyclic) bond motifs is 1. The Bertz CT molecular complexity index is 1230. The molecule has 1 amide bonds. The van der Waals surface area contributed by atoms with Crippen LogP contribution in [0.4, 0.5) is 26.3 Å². The van der Waals surface area contributed by atoms with Gasteiger partial charge in [-0.2, -0.15) is 26.3 Å². The quantitative estimate of drug-likeness (QED) is 0.322. The maximum atomic E-state index is 12.9. The summed E-state index contributed by atoms with van der Waals surface area (Å²) in [6.45, 7) is -0.505. The van der Waals surface area contributed by atoms with E-state index in [1.165, 1.54) is 18.2 Å². The zero-order chi connectivity index (χ0) is 27.5. The number of rotatable bonds is 9. The van der Waals surface area contributed by atoms with Gasteiger partial charge < -0.3 is 18.9 Å². The molecule has 2 aromatic carbocycles. The number of ether oxygens (including phenoxy) is 2. The van der Waals surface area contributed by atoms with Crippen LogP contribution in [0.3, 0.4) is 0 Å². The largest absolute Gasteiger partial charge is 0.494 e. The summed E-state index contributed by atoms with van der Waals surface area (Å²) in [7, 11) is 0. The predicted octanol–water partition coefficient (Wildman–Crippen LogP) is 5.77. The average molecular weight is 544 g/mol. The van der Waals surface area contributed by atoms with Crippen LogP contribution < -0.4 is 4.74 Å². The number of imidazole rings is 1. The second kappa shape index (κ2) is 11.2. The number of carbonyl (C=O) groups excluding carboxylic acids is 1. The number of amides is 1. The minimum atomic E-state index is -4.99. The van der Waals surface area contributed by atoms with Gasteiger partial charge in [0.2, 0.25) is 0 Å². The first-order chi connectivity index (χ1) is 17.9. The molecule has 3 aromatic rings. The van der Waals surface area contributed by atoms with E-state index in [0.717, 1.165) is 24.2 Å². The van der Waals surface area contributed by atoms with Crippen LogP contribution >= 0.6 is 0 Å². The molecule has 4 rings (SSSR count). The molecule has 1 aliphatic rings. The Morgan fingerprint density at radius 2 is 1.76 bits per heavy atom. The monoisotopic (exact) mass is 543 g/mol. The molecular weight excluding hydrogens is 516 g/mol. The molecule has 0 spiro atoms. The fraction of sp³-hybridized carbons (Fsp3) is 0.462. The normalized spacial score (nSPS) is 16.2. The zero-order valence-corrected chi connectivity index (χ0v) is 20.6. The van der Waals surface area contributed by atoms with E-state index in [4.69, 9.17) is 9.47 Å². The molecule has 1 saturated heterocycles. The van der Waals surface area contributed by atoms with Crippen LogP contribution in [-0.2, 0) is 17.7 Å². The summed E-state index contributed by atoms with van der Waals surface area (Å²) in [4.78, 5) is 17.1. The second-order valence-electron chi connectivity index (χ2n) is 9.12. The molecule has 1 atom stereocenters. The standard InChI is InChI=1S/C26H27F6N3O3/c1-2-37-19-8-5-17(6-9-19)12-23-33-21-13-18(7-10-22(21)35(23)14-20-4-3-11-38-20)24(36)34(15-25(27,28)29)16-26(30,31)32/h5-10,13,20H,2-4,11-12,14-16H2,1H3/t20-/m1/s1. The van der Waals surface area contributed by atoms with Gasteiger partial charge in [-0.3, -0.25) is 4.79 Å². The first kappa shape index (κ1) is 27.7. The van der Waals surface area contributed by atoms with Crippen molar-refractivity contribution in [2.24, 2.45) is 0 Å². The summed E-state index contributed by atoms with van der Waals surface area (Å²) < 4.78 is 90.8. The van der Waals surface area contributed by atoms with Crippen molar-refractivity contribution in [3.63, 3.8) is 0 Å². The van der Waals surface area contributed by atoms with Crippen molar-refractivity contribution in [1.82, 2.24) is 14.5 Å². The summed E-state index contributed by atoms with van der Waals surface area (Å²) in [5, 5.41) is 0. The van der Waals surface area contributed by atoms with Gasteiger partial charge in [0.05, 0.1) is 30.3 Å². The maximum absolute atomic E-state index is 12.9. The summed E-state index contributed by atoms with van der Waals surface area (Å²) in [5.41, 5.74) is 1.53. The lowest BCUT2D eigenvalue weighted by Crippen LogP contribution is -2.44. The highest BCUT2D eigenvalue weighted by Gasteiger charge is 2.40. The average Bonchev–Trinajstić information content (AvgIpc) is 3.46. The van der Waals surface area contributed by atoms with Crippen molar-refractivity contribution in [3.05, 3.63) is 59.4 Å². The molecule has 206 valence electrons. The minimum absolute atomic E-state index is 0.0538. The third-order valence-corrected chi connectivity index (χ3v) is 6.11. The van der Waals surface area contributed by atoms with Crippen LogP contribution in [0, 0.1) is 0 Å². The Labute approximate surface area is 215 Å². The predicted molar refractivity (Wildman–Crippen MR) is 127 cm³/mol. The Balaban J connectivity index is 1.67. The number of hydrogen-bond acceptors (Lipinski definition) is 4. The number of nitrogens with zero attached hydrogens (tertiary/aromatic N) is 3. The lowest BCUT2D eigenvalue weighted by atomic mass is 10.1. The lowest BCUT2D eigenvalue weighted by Gasteiger charge is -2.25. The molecule has 38 heavy (non-hydrogen) atoms. The first-order valence-corrected chi connectivity index (χ1v) is 12.2. The first-order valence-electron chi connectivity index (χ1n) is 12.2. The maximum Gasteiger partial charge on any atom is 0.406 e. The molecule has 1 aliphatic heterocycles. The van der Waals surface area contributed by atoms with Crippen molar-refractivity contribution >= 4 is 16.9 Å². The van der Waals surface area contributed by atoms with Crippen LogP contribution in [0.1, 0.15) is 41.5 Å². The third kappa shape index (κ3) is 7.18. The Morgan fingerprint density at radius 1 is 1.08 bits per heavy atom. The molecular formula is C26H27F6N3O3. The fourth-order valence-electron chi connectivity index (χ4n) is 4.51. The van der Waals surface area contributed by atoms with E-state index in [1.54, 1.807) is 0 Å². The molecule has 0 radical (unpaired) electrons. The highest BCUT2D eigenvalue weighted by Crippen LogP contribution is 2.27. The van der Waals surface area contributed by atoms with Crippen molar-refractivity contribution < 1.29 is 40.6 Å². The summed E-state index contributed by atoms with van der Waals surface area (Å²) in [5.74, 6) is -0.0236. The van der Waals surface area contributed by atoms with Crippen molar-refractivity contribution in [1.29, 1.82) is 0 Å². The molecule has 1 aromatic heterocycles. The van der Waals surface area contributed by atoms with Crippen LogP contribution in [0.15, 0.2) is 42.5 Å². The van der Waals surface area contributed by atoms with Gasteiger partial charge in [0.1, 0.15) is 24.7 Å². The Kier molecular flexibility index (Phi) is 8.19. The number of aromatic nitrogens is 2. The number of carbonyl (C=O) groups is 1. The van der Waals surface area contributed by atoms with E-state index < -0.39 is 31.3 Å². The molecule has 1 fully saturated rings. The fourth-order valence-corrected chi connectivity index (χ4v) is 4.51. The van der Waals surface area contributed by atoms with E-state index in [1.807, 2.05) is 35.8 Å². The van der Waals surface area contributed by atoms with Gasteiger partial charge in [-0.05, 0) is 55.7 Å². The van der Waals surface area contributed by atoms with Crippen molar-refractivity contribution in [3.8, 4) is 5.75 Å². The molecule has 0 aliphatic carbocycles. The summed E-state index contributed by atoms with van der Waals surface area (Å²) >= 11 is 0. The topological polar surface area (TPSA) is 56.6 Å². The second-order valence-corrected chi connectivity index (χ2v) is 9.12. The molecule has 6 nitrogen and oxygen atoms in total. The van der Waals surface area contributed by atoms with E-state index in [2.05, 4.69) is 4.98 Å². The molecule has 12 heteroatoms. The van der Waals surface area contributed by atoms with Crippen LogP contribution in [0.2, 0.25) is 0 Å². The van der Waals surface area contributed by atoms with Gasteiger partial charge in [-0.1, -0.05) is 12.1 Å². The Hall–Kier alpha value is -3.28. The summed E-state index contributed by atoms with van der Waals surface area (Å²) in [6, 6.07) is 11.4. The van der Waals surface area contributed by atoms with E-state index in [9.17, 15) is 31.1 Å². The lowest BCUT2D eigenvalue weighted by molar-refractivity contribution is -0.171. The van der Waals surface area contributed by atoms with E-state index in [-0.39, 0.29) is 16.6 Å². The highest BCUT2D eigenvalue weighted by atomic mass is 19.4. The number of hydrogen-bond donors (Lipinski definition) is 0. The smallest absolute Gasteiger partial charge is 0.406 e. The van der Waals surface area contributed by atoms with Crippen molar-refractivity contribution in [2.45, 2.75) is 51.2 Å². The van der Waals surface area contributed by atoms with Crippen LogP contribution in [-0.4, -0.2) is 65.1 Å². The molecule has 0 bridgehead atoms. The van der Waals surface area contributed by atoms with Gasteiger partial charge >= 0.3 is 12.4 Å². The third-order valence-electron chi connectivity index (χ3n) is 6.11. The minimum Gasteiger partial charge on any atom is -0.494 e. The zero-order valence-electron chi connectivity index (χ0n) is 20.6. The SMILES string of the molecule is CCOc1ccc(Cc2nc3cc(C(=O)N(CC(F)(F)F)CC(F)(F)F)ccc3n2C[C@H]2CCCO2)cc1. The number of benzene rings is 2. The Morgan fingerprint density at radius 3 is 2.34 bits per heavy atom. The highest BCUT2D eigenvalue weighted by molar-refractivity contribution is 5.97. The van der Waals surface area contributed by atoms with E-state index in [0.29, 0.717) is 43.0 Å². The number of halogens is 6. The van der Waals surface area contributed by atoms with Gasteiger partial charge in [-0.15, -0.1) is 0 Å². The van der Waals surface area contributed by atoms with Gasteiger partial charge in [0.25, 0.3) is 5.91 Å². The van der Waals surface area contributed by atoms with Gasteiger partial charge in [0, 0.05) is 18.6 Å². The molecule has 2 heterocycles. The van der Waals surface area contributed by atoms with Crippen LogP contribution in [0.25, 0.3) is 11.0 Å². The molecule has 0 N–H and O–H groups in total. The molecule has 0 unspecified atom stereocenters. The van der Waals surface area contributed by atoms with Gasteiger partial charge in [0.15, 0.2) is 0 Å². The van der Waals surface area contributed by atoms with Crippen LogP contribution in [0.5, 0.6) is 5.75 Å². The van der Waals surface area contributed by atoms with E-state index >= 15 is 0 Å². The van der Waals surface area contributed by atoms with Crippen molar-refractivity contribution in [2.75, 3.05) is 26.3 Å².